The highest BCUT2D eigenvalue weighted by Gasteiger charge is 2.29. The summed E-state index contributed by atoms with van der Waals surface area (Å²) >= 11 is 0.790. The monoisotopic (exact) mass is 502 g/mol. The van der Waals surface area contributed by atoms with Gasteiger partial charge in [0.1, 0.15) is 18.6 Å². The molecule has 11 N–H and O–H groups in total. The lowest BCUT2D eigenvalue weighted by Gasteiger charge is -2.23. The van der Waals surface area contributed by atoms with Crippen LogP contribution < -0.4 is 17.2 Å². The minimum atomic E-state index is -1.51. The van der Waals surface area contributed by atoms with Crippen molar-refractivity contribution >= 4 is 41.5 Å². The molecular weight excluding hydrogens is 476 g/mol. The average molecular weight is 503 g/mol. The van der Waals surface area contributed by atoms with Gasteiger partial charge in [-0.05, 0) is 30.5 Å². The molecule has 1 aromatic carbocycles. The Morgan fingerprint density at radius 1 is 0.912 bits per heavy atom. The molecule has 1 aromatic rings. The van der Waals surface area contributed by atoms with Crippen molar-refractivity contribution in [2.45, 2.75) is 42.3 Å². The maximum atomic E-state index is 12.6. The fourth-order valence-corrected chi connectivity index (χ4v) is 3.61. The molecule has 0 saturated carbocycles. The van der Waals surface area contributed by atoms with E-state index in [2.05, 4.69) is 0 Å². The van der Waals surface area contributed by atoms with Gasteiger partial charge >= 0.3 is 17.9 Å². The second kappa shape index (κ2) is 12.7. The molecule has 14 nitrogen and oxygen atoms in total. The summed E-state index contributed by atoms with van der Waals surface area (Å²) in [6.45, 7) is -1.01. The number of imide groups is 1. The lowest BCUT2D eigenvalue weighted by molar-refractivity contribution is -0.153. The number of hydrogen-bond acceptors (Lipinski definition) is 11. The van der Waals surface area contributed by atoms with Gasteiger partial charge < -0.3 is 42.7 Å². The summed E-state index contributed by atoms with van der Waals surface area (Å²) < 4.78 is 0. The Bertz CT molecular complexity index is 957. The number of aromatic hydroxyl groups is 2. The Morgan fingerprint density at radius 2 is 1.50 bits per heavy atom. The number of aliphatic carboxylic acids is 3. The van der Waals surface area contributed by atoms with Crippen LogP contribution in [0.4, 0.5) is 0 Å². The van der Waals surface area contributed by atoms with E-state index in [-0.39, 0.29) is 29.1 Å². The summed E-state index contributed by atoms with van der Waals surface area (Å²) in [5, 5.41) is 46.7. The normalized spacial score (nSPS) is 13.5. The number of phenolic OH excluding ortho intramolecular Hbond substituents is 2. The van der Waals surface area contributed by atoms with E-state index >= 15 is 0 Å². The third-order valence-corrected chi connectivity index (χ3v) is 5.62. The molecule has 0 unspecified atom stereocenters. The van der Waals surface area contributed by atoms with Crippen LogP contribution in [0.15, 0.2) is 17.0 Å². The van der Waals surface area contributed by atoms with Crippen LogP contribution in [-0.2, 0) is 30.4 Å². The van der Waals surface area contributed by atoms with E-state index in [1.807, 2.05) is 0 Å². The number of carboxylic acid groups (broad SMARTS) is 3. The van der Waals surface area contributed by atoms with E-state index < -0.39 is 72.3 Å². The third kappa shape index (κ3) is 8.51. The lowest BCUT2D eigenvalue weighted by Crippen LogP contribution is -2.50. The van der Waals surface area contributed by atoms with Crippen molar-refractivity contribution in [2.75, 3.05) is 12.3 Å². The molecule has 34 heavy (non-hydrogen) atoms. The van der Waals surface area contributed by atoms with Gasteiger partial charge in [-0.2, -0.15) is 0 Å². The number of carboxylic acids is 3. The molecule has 15 heteroatoms. The van der Waals surface area contributed by atoms with Gasteiger partial charge in [0.15, 0.2) is 11.5 Å². The SMILES string of the molecule is N[C@@H](CCC(=O)N(CC(=O)O)C(=O)[C@@H](N)CSc1cc(C[C@H](N)C(=O)O)cc(O)c1O)C(=O)O. The molecule has 0 bridgehead atoms. The second-order valence-electron chi connectivity index (χ2n) is 7.22. The molecule has 0 fully saturated rings. The maximum Gasteiger partial charge on any atom is 0.323 e. The first-order chi connectivity index (χ1) is 15.7. The molecule has 3 atom stereocenters. The molecule has 0 aliphatic heterocycles. The summed E-state index contributed by atoms with van der Waals surface area (Å²) in [5.74, 6) is -7.57. The summed E-state index contributed by atoms with van der Waals surface area (Å²) in [5.41, 5.74) is 16.9. The summed E-state index contributed by atoms with van der Waals surface area (Å²) in [4.78, 5) is 58.2. The van der Waals surface area contributed by atoms with Gasteiger partial charge in [-0.1, -0.05) is 0 Å². The van der Waals surface area contributed by atoms with Crippen LogP contribution in [0.25, 0.3) is 0 Å². The minimum absolute atomic E-state index is 0.0411. The number of hydrogen-bond donors (Lipinski definition) is 8. The fourth-order valence-electron chi connectivity index (χ4n) is 2.63. The van der Waals surface area contributed by atoms with Crippen LogP contribution in [0.3, 0.4) is 0 Å². The number of amides is 2. The lowest BCUT2D eigenvalue weighted by atomic mass is 10.1. The van der Waals surface area contributed by atoms with E-state index in [0.717, 1.165) is 17.8 Å². The van der Waals surface area contributed by atoms with E-state index in [4.69, 9.17) is 32.5 Å². The number of benzene rings is 1. The van der Waals surface area contributed by atoms with Gasteiger partial charge in [0.05, 0.1) is 10.9 Å². The van der Waals surface area contributed by atoms with Crippen LogP contribution in [0.2, 0.25) is 0 Å². The van der Waals surface area contributed by atoms with Gasteiger partial charge in [-0.3, -0.25) is 28.9 Å². The van der Waals surface area contributed by atoms with Gasteiger partial charge in [-0.15, -0.1) is 11.8 Å². The number of thioether (sulfide) groups is 1. The van der Waals surface area contributed by atoms with Crippen LogP contribution in [0.1, 0.15) is 18.4 Å². The van der Waals surface area contributed by atoms with Gasteiger partial charge in [0, 0.05) is 12.2 Å². The first kappa shape index (κ1) is 28.6. The highest BCUT2D eigenvalue weighted by Crippen LogP contribution is 2.37. The molecule has 0 saturated heterocycles. The minimum Gasteiger partial charge on any atom is -0.504 e. The van der Waals surface area contributed by atoms with Gasteiger partial charge in [0.25, 0.3) is 0 Å². The molecule has 2 amide bonds. The topological polar surface area (TPSA) is 268 Å². The quantitative estimate of drug-likeness (QED) is 0.108. The summed E-state index contributed by atoms with van der Waals surface area (Å²) in [6.07, 6.45) is -1.01. The van der Waals surface area contributed by atoms with E-state index in [9.17, 15) is 34.2 Å². The Kier molecular flexibility index (Phi) is 10.7. The number of rotatable bonds is 13. The van der Waals surface area contributed by atoms with Crippen LogP contribution in [-0.4, -0.2) is 90.6 Å². The number of carbonyl (C=O) groups is 5. The van der Waals surface area contributed by atoms with Crippen molar-refractivity contribution in [3.63, 3.8) is 0 Å². The van der Waals surface area contributed by atoms with Crippen molar-refractivity contribution in [2.24, 2.45) is 17.2 Å². The van der Waals surface area contributed by atoms with Crippen LogP contribution in [0, 0.1) is 0 Å². The number of nitrogens with zero attached hydrogens (tertiary/aromatic N) is 1. The Balaban J connectivity index is 2.94. The molecule has 0 aliphatic carbocycles. The zero-order valence-corrected chi connectivity index (χ0v) is 18.6. The van der Waals surface area contributed by atoms with Crippen molar-refractivity contribution < 1.29 is 49.5 Å². The van der Waals surface area contributed by atoms with Crippen molar-refractivity contribution in [3.05, 3.63) is 17.7 Å². The van der Waals surface area contributed by atoms with Crippen molar-refractivity contribution in [3.8, 4) is 11.5 Å². The molecule has 188 valence electrons. The Morgan fingerprint density at radius 3 is 2.03 bits per heavy atom. The predicted molar refractivity (Wildman–Crippen MR) is 117 cm³/mol. The van der Waals surface area contributed by atoms with Crippen LogP contribution >= 0.6 is 11.8 Å². The molecule has 0 aliphatic rings. The van der Waals surface area contributed by atoms with Crippen LogP contribution in [0.5, 0.6) is 11.5 Å². The smallest absolute Gasteiger partial charge is 0.323 e. The molecular formula is C19H26N4O10S. The highest BCUT2D eigenvalue weighted by molar-refractivity contribution is 7.99. The largest absolute Gasteiger partial charge is 0.504 e. The Labute approximate surface area is 197 Å². The number of nitrogens with two attached hydrogens (primary N) is 3. The molecule has 1 rings (SSSR count). The molecule has 0 aromatic heterocycles. The van der Waals surface area contributed by atoms with E-state index in [1.165, 1.54) is 6.07 Å². The maximum absolute atomic E-state index is 12.6. The first-order valence-corrected chi connectivity index (χ1v) is 10.7. The van der Waals surface area contributed by atoms with Crippen molar-refractivity contribution in [1.82, 2.24) is 4.90 Å². The third-order valence-electron chi connectivity index (χ3n) is 4.47. The average Bonchev–Trinajstić information content (AvgIpc) is 2.75. The van der Waals surface area contributed by atoms with E-state index in [1.54, 1.807) is 0 Å². The highest BCUT2D eigenvalue weighted by atomic mass is 32.2. The van der Waals surface area contributed by atoms with Crippen molar-refractivity contribution in [1.29, 1.82) is 0 Å². The molecule has 0 radical (unpaired) electrons. The van der Waals surface area contributed by atoms with Gasteiger partial charge in [0.2, 0.25) is 11.8 Å². The fraction of sp³-hybridized carbons (Fsp3) is 0.421. The van der Waals surface area contributed by atoms with Gasteiger partial charge in [-0.25, -0.2) is 0 Å². The summed E-state index contributed by atoms with van der Waals surface area (Å²) in [6, 6.07) is -1.61. The Hall–Kier alpha value is -3.40. The standard InChI is InChI=1S/C19H26N4O10S/c20-9(18(30)31)1-2-14(25)23(6-15(26)27)17(29)11(22)7-34-13-5-8(3-10(21)19(32)33)4-12(24)16(13)28/h4-5,9-11,24,28H,1-3,6-7,20-22H2,(H,26,27)(H,30,31)(H,32,33)/t9-,10-,11-/m0/s1. The zero-order valence-electron chi connectivity index (χ0n) is 17.8. The number of phenols is 2. The first-order valence-electron chi connectivity index (χ1n) is 9.70. The number of carbonyl (C=O) groups excluding carboxylic acids is 2. The molecule has 0 spiro atoms. The zero-order chi connectivity index (χ0) is 26.2. The summed E-state index contributed by atoms with van der Waals surface area (Å²) in [7, 11) is 0. The van der Waals surface area contributed by atoms with E-state index in [0.29, 0.717) is 4.90 Å². The predicted octanol–water partition coefficient (Wildman–Crippen LogP) is -1.90. The second-order valence-corrected chi connectivity index (χ2v) is 8.29. The molecule has 0 heterocycles.